The highest BCUT2D eigenvalue weighted by atomic mass is 32.2. The van der Waals surface area contributed by atoms with Gasteiger partial charge in [-0.3, -0.25) is 23.9 Å². The first-order chi connectivity index (χ1) is 13.8. The summed E-state index contributed by atoms with van der Waals surface area (Å²) in [6.07, 6.45) is 1.58. The van der Waals surface area contributed by atoms with Crippen molar-refractivity contribution in [1.82, 2.24) is 9.47 Å². The van der Waals surface area contributed by atoms with Gasteiger partial charge in [0.1, 0.15) is 28.3 Å². The second kappa shape index (κ2) is 8.36. The molecular formula is C18H18N4O5S2. The highest BCUT2D eigenvalue weighted by Crippen LogP contribution is 2.35. The summed E-state index contributed by atoms with van der Waals surface area (Å²) in [6, 6.07) is 1.94. The first-order valence-electron chi connectivity index (χ1n) is 8.69. The quantitative estimate of drug-likeness (QED) is 0.540. The number of nitriles is 1. The normalized spacial score (nSPS) is 18.4. The predicted octanol–water partition coefficient (Wildman–Crippen LogP) is 0.688. The Hall–Kier alpha value is -2.68. The molecule has 0 unspecified atom stereocenters. The summed E-state index contributed by atoms with van der Waals surface area (Å²) in [5.74, 6) is -1.10. The monoisotopic (exact) mass is 434 g/mol. The van der Waals surface area contributed by atoms with Crippen molar-refractivity contribution in [3.05, 3.63) is 31.9 Å². The first-order valence-corrected chi connectivity index (χ1v) is 9.92. The van der Waals surface area contributed by atoms with Gasteiger partial charge in [0.2, 0.25) is 0 Å². The molecule has 0 bridgehead atoms. The summed E-state index contributed by atoms with van der Waals surface area (Å²) in [6.45, 7) is 3.24. The van der Waals surface area contributed by atoms with Gasteiger partial charge in [-0.2, -0.15) is 5.26 Å². The lowest BCUT2D eigenvalue weighted by atomic mass is 10.0. The number of hydrogen-bond acceptors (Lipinski definition) is 8. The van der Waals surface area contributed by atoms with E-state index < -0.39 is 24.0 Å². The molecule has 1 amide bonds. The molecule has 0 spiro atoms. The van der Waals surface area contributed by atoms with Gasteiger partial charge in [0.05, 0.1) is 18.1 Å². The third kappa shape index (κ3) is 3.91. The van der Waals surface area contributed by atoms with Gasteiger partial charge in [-0.15, -0.1) is 0 Å². The summed E-state index contributed by atoms with van der Waals surface area (Å²) in [4.78, 5) is 39.6. The second-order valence-corrected chi connectivity index (χ2v) is 8.15. The predicted molar refractivity (Wildman–Crippen MR) is 112 cm³/mol. The number of amides is 1. The van der Waals surface area contributed by atoms with Gasteiger partial charge in [0, 0.05) is 25.7 Å². The Morgan fingerprint density at radius 1 is 1.38 bits per heavy atom. The molecule has 2 fully saturated rings. The first kappa shape index (κ1) is 21.0. The number of carboxylic acid groups (broad SMARTS) is 1. The number of ether oxygens (including phenoxy) is 1. The lowest BCUT2D eigenvalue weighted by Crippen LogP contribution is -2.40. The molecule has 2 aliphatic heterocycles. The minimum absolute atomic E-state index is 0.00299. The maximum Gasteiger partial charge on any atom is 0.323 e. The van der Waals surface area contributed by atoms with Crippen LogP contribution in [0.25, 0.3) is 6.08 Å². The largest absolute Gasteiger partial charge is 0.480 e. The number of carbonyl (C=O) groups excluding carboxylic acids is 1. The van der Waals surface area contributed by atoms with Crippen LogP contribution in [0.2, 0.25) is 0 Å². The van der Waals surface area contributed by atoms with Crippen LogP contribution in [0.15, 0.2) is 9.70 Å². The lowest BCUT2D eigenvalue weighted by molar-refractivity contribution is -0.140. The van der Waals surface area contributed by atoms with Crippen LogP contribution in [0.5, 0.6) is 0 Å². The molecule has 2 saturated heterocycles. The van der Waals surface area contributed by atoms with E-state index in [-0.39, 0.29) is 14.8 Å². The van der Waals surface area contributed by atoms with Gasteiger partial charge >= 0.3 is 5.97 Å². The molecule has 3 rings (SSSR count). The Bertz CT molecular complexity index is 1030. The zero-order chi connectivity index (χ0) is 21.3. The summed E-state index contributed by atoms with van der Waals surface area (Å²) in [7, 11) is 1.58. The molecule has 11 heteroatoms. The highest BCUT2D eigenvalue weighted by Gasteiger charge is 2.34. The van der Waals surface area contributed by atoms with Crippen molar-refractivity contribution < 1.29 is 19.4 Å². The Labute approximate surface area is 176 Å². The van der Waals surface area contributed by atoms with Crippen molar-refractivity contribution in [1.29, 1.82) is 5.26 Å². The molecule has 152 valence electrons. The lowest BCUT2D eigenvalue weighted by Gasteiger charge is -2.32. The molecule has 2 aliphatic rings. The van der Waals surface area contributed by atoms with Crippen molar-refractivity contribution in [3.63, 3.8) is 0 Å². The van der Waals surface area contributed by atoms with Crippen molar-refractivity contribution in [3.8, 4) is 6.07 Å². The number of carboxylic acids is 1. The summed E-state index contributed by atoms with van der Waals surface area (Å²) >= 11 is 6.14. The third-order valence-electron chi connectivity index (χ3n) is 4.72. The smallest absolute Gasteiger partial charge is 0.323 e. The van der Waals surface area contributed by atoms with E-state index in [2.05, 4.69) is 0 Å². The zero-order valence-corrected chi connectivity index (χ0v) is 17.4. The molecule has 1 aromatic heterocycles. The van der Waals surface area contributed by atoms with Gasteiger partial charge in [0.25, 0.3) is 11.5 Å². The van der Waals surface area contributed by atoms with E-state index >= 15 is 0 Å². The molecule has 0 atom stereocenters. The van der Waals surface area contributed by atoms with Crippen LogP contribution >= 0.6 is 24.0 Å². The zero-order valence-electron chi connectivity index (χ0n) is 15.8. The van der Waals surface area contributed by atoms with Gasteiger partial charge in [-0.25, -0.2) is 0 Å². The maximum absolute atomic E-state index is 12.7. The van der Waals surface area contributed by atoms with Gasteiger partial charge in [0.15, 0.2) is 0 Å². The van der Waals surface area contributed by atoms with Crippen molar-refractivity contribution >= 4 is 52.1 Å². The number of thioether (sulfide) groups is 1. The van der Waals surface area contributed by atoms with Crippen LogP contribution in [0.4, 0.5) is 5.82 Å². The van der Waals surface area contributed by atoms with E-state index in [0.717, 1.165) is 16.7 Å². The number of aliphatic carboxylic acids is 1. The molecule has 0 aromatic carbocycles. The SMILES string of the molecule is Cc1c(C=C2SC(=S)N(CC(=O)O)C2=O)c(N2CCOCC2)n(C)c(=O)c1C#N. The molecule has 9 nitrogen and oxygen atoms in total. The number of aromatic nitrogens is 1. The Morgan fingerprint density at radius 2 is 2.03 bits per heavy atom. The van der Waals surface area contributed by atoms with Gasteiger partial charge in [-0.05, 0) is 18.6 Å². The van der Waals surface area contributed by atoms with Crippen LogP contribution < -0.4 is 10.5 Å². The topological polar surface area (TPSA) is 116 Å². The van der Waals surface area contributed by atoms with E-state index in [1.807, 2.05) is 11.0 Å². The van der Waals surface area contributed by atoms with Gasteiger partial charge in [-0.1, -0.05) is 24.0 Å². The number of hydrogen-bond donors (Lipinski definition) is 1. The van der Waals surface area contributed by atoms with E-state index in [4.69, 9.17) is 22.1 Å². The van der Waals surface area contributed by atoms with Crippen LogP contribution in [0.1, 0.15) is 16.7 Å². The van der Waals surface area contributed by atoms with E-state index in [0.29, 0.717) is 43.2 Å². The van der Waals surface area contributed by atoms with Crippen LogP contribution in [0, 0.1) is 18.3 Å². The number of rotatable bonds is 4. The average Bonchev–Trinajstić information content (AvgIpc) is 2.94. The van der Waals surface area contributed by atoms with Crippen LogP contribution in [-0.4, -0.2) is 63.6 Å². The number of thiocarbonyl (C=S) groups is 1. The number of anilines is 1. The summed E-state index contributed by atoms with van der Waals surface area (Å²) in [5.41, 5.74) is 0.598. The molecule has 0 saturated carbocycles. The van der Waals surface area contributed by atoms with Crippen molar-refractivity contribution in [2.75, 3.05) is 37.7 Å². The van der Waals surface area contributed by atoms with Crippen molar-refractivity contribution in [2.24, 2.45) is 7.05 Å². The third-order valence-corrected chi connectivity index (χ3v) is 6.10. The summed E-state index contributed by atoms with van der Waals surface area (Å²) < 4.78 is 6.94. The van der Waals surface area contributed by atoms with Crippen LogP contribution in [0.3, 0.4) is 0 Å². The molecule has 1 aromatic rings. The van der Waals surface area contributed by atoms with Gasteiger partial charge < -0.3 is 14.7 Å². The van der Waals surface area contributed by atoms with E-state index in [1.54, 1.807) is 20.0 Å². The summed E-state index contributed by atoms with van der Waals surface area (Å²) in [5, 5.41) is 18.5. The molecular weight excluding hydrogens is 416 g/mol. The fourth-order valence-electron chi connectivity index (χ4n) is 3.27. The molecule has 1 N–H and O–H groups in total. The van der Waals surface area contributed by atoms with E-state index in [1.165, 1.54) is 4.57 Å². The molecule has 0 aliphatic carbocycles. The van der Waals surface area contributed by atoms with Crippen LogP contribution in [-0.2, 0) is 21.4 Å². The fraction of sp³-hybridized carbons (Fsp3) is 0.389. The fourth-order valence-corrected chi connectivity index (χ4v) is 4.51. The Morgan fingerprint density at radius 3 is 2.62 bits per heavy atom. The second-order valence-electron chi connectivity index (χ2n) is 6.47. The minimum atomic E-state index is -1.17. The van der Waals surface area contributed by atoms with E-state index in [9.17, 15) is 19.6 Å². The average molecular weight is 434 g/mol. The molecule has 29 heavy (non-hydrogen) atoms. The highest BCUT2D eigenvalue weighted by molar-refractivity contribution is 8.26. The Balaban J connectivity index is 2.17. The standard InChI is InChI=1S/C18H18N4O5S2/c1-10-11(7-13-17(26)22(9-14(23)24)18(28)29-13)15(21-3-5-27-6-4-21)20(2)16(25)12(10)8-19/h7H,3-6,9H2,1-2H3,(H,23,24). The number of morpholine rings is 1. The molecule has 0 radical (unpaired) electrons. The number of carbonyl (C=O) groups is 2. The minimum Gasteiger partial charge on any atom is -0.480 e. The number of pyridine rings is 1. The maximum atomic E-state index is 12.7. The Kier molecular flexibility index (Phi) is 6.07. The molecule has 3 heterocycles. The number of nitrogens with zero attached hydrogens (tertiary/aromatic N) is 4. The van der Waals surface area contributed by atoms with Crippen molar-refractivity contribution in [2.45, 2.75) is 6.92 Å².